The maximum Gasteiger partial charge on any atom is 0.135 e. The van der Waals surface area contributed by atoms with Crippen LogP contribution in [-0.2, 0) is 5.41 Å². The summed E-state index contributed by atoms with van der Waals surface area (Å²) in [5.41, 5.74) is 5.24. The van der Waals surface area contributed by atoms with E-state index in [0.717, 1.165) is 25.1 Å². The molecule has 0 spiro atoms. The van der Waals surface area contributed by atoms with Crippen molar-refractivity contribution in [2.45, 2.75) is 36.0 Å². The second-order valence-corrected chi connectivity index (χ2v) is 12.9. The van der Waals surface area contributed by atoms with E-state index in [9.17, 15) is 5.26 Å². The average molecular weight is 522 g/mol. The summed E-state index contributed by atoms with van der Waals surface area (Å²) in [6.07, 6.45) is 1.97. The normalized spacial score (nSPS) is 13.4. The third-order valence-corrected chi connectivity index (χ3v) is 9.36. The number of hydrogen-bond donors (Lipinski definition) is 0. The Morgan fingerprint density at radius 2 is 1.58 bits per heavy atom. The van der Waals surface area contributed by atoms with Crippen LogP contribution in [0.3, 0.4) is 0 Å². The van der Waals surface area contributed by atoms with Gasteiger partial charge in [-0.2, -0.15) is 5.26 Å². The number of para-hydroxylation sites is 2. The number of allylic oxidation sites excluding steroid dienone is 1. The lowest BCUT2D eigenvalue weighted by Crippen LogP contribution is -2.13. The predicted octanol–water partition coefficient (Wildman–Crippen LogP) is 9.65. The van der Waals surface area contributed by atoms with Crippen LogP contribution in [0.1, 0.15) is 36.2 Å². The van der Waals surface area contributed by atoms with Gasteiger partial charge in [-0.15, -0.1) is 22.7 Å². The van der Waals surface area contributed by atoms with Crippen LogP contribution in [0.25, 0.3) is 21.9 Å². The number of thiazole rings is 1. The molecule has 3 aromatic carbocycles. The van der Waals surface area contributed by atoms with Crippen molar-refractivity contribution < 1.29 is 0 Å². The SMILES string of the molecule is CC(C)(C)c1ccc2nc(/C(C#N)=C/c3ccc(N4c5ccccc5Sc5ccccc54)s3)sc2c1. The first kappa shape index (κ1) is 23.1. The monoisotopic (exact) mass is 521 g/mol. The Hall–Kier alpha value is -3.37. The van der Waals surface area contributed by atoms with Gasteiger partial charge in [-0.25, -0.2) is 4.98 Å². The summed E-state index contributed by atoms with van der Waals surface area (Å²) in [6.45, 7) is 6.63. The fourth-order valence-electron chi connectivity index (χ4n) is 4.27. The zero-order valence-electron chi connectivity index (χ0n) is 20.1. The molecule has 0 amide bonds. The third-order valence-electron chi connectivity index (χ3n) is 6.16. The van der Waals surface area contributed by atoms with Crippen LogP contribution >= 0.6 is 34.4 Å². The van der Waals surface area contributed by atoms with Gasteiger partial charge in [0.15, 0.2) is 0 Å². The van der Waals surface area contributed by atoms with Gasteiger partial charge in [0.2, 0.25) is 0 Å². The van der Waals surface area contributed by atoms with Gasteiger partial charge in [0.25, 0.3) is 0 Å². The molecule has 0 unspecified atom stereocenters. The van der Waals surface area contributed by atoms with Crippen molar-refractivity contribution in [2.75, 3.05) is 4.90 Å². The molecule has 3 heterocycles. The summed E-state index contributed by atoms with van der Waals surface area (Å²) >= 11 is 5.07. The molecule has 0 aliphatic carbocycles. The Morgan fingerprint density at radius 3 is 2.25 bits per heavy atom. The molecule has 2 aromatic heterocycles. The number of anilines is 3. The third kappa shape index (κ3) is 4.14. The number of nitrogens with zero attached hydrogens (tertiary/aromatic N) is 3. The minimum atomic E-state index is 0.0732. The summed E-state index contributed by atoms with van der Waals surface area (Å²) in [7, 11) is 0. The molecule has 0 fully saturated rings. The van der Waals surface area contributed by atoms with Crippen molar-refractivity contribution in [1.29, 1.82) is 5.26 Å². The molecule has 1 aliphatic heterocycles. The van der Waals surface area contributed by atoms with Gasteiger partial charge >= 0.3 is 0 Å². The highest BCUT2D eigenvalue weighted by molar-refractivity contribution is 7.99. The highest BCUT2D eigenvalue weighted by Crippen LogP contribution is 2.52. The van der Waals surface area contributed by atoms with Crippen molar-refractivity contribution in [1.82, 2.24) is 4.98 Å². The molecule has 3 nitrogen and oxygen atoms in total. The maximum absolute atomic E-state index is 10.0. The van der Waals surface area contributed by atoms with Gasteiger partial charge in [0.05, 0.1) is 27.2 Å². The number of benzene rings is 3. The quantitative estimate of drug-likeness (QED) is 0.217. The summed E-state index contributed by atoms with van der Waals surface area (Å²) in [5.74, 6) is 0. The first-order valence-electron chi connectivity index (χ1n) is 11.7. The topological polar surface area (TPSA) is 39.9 Å². The highest BCUT2D eigenvalue weighted by atomic mass is 32.2. The van der Waals surface area contributed by atoms with E-state index in [1.165, 1.54) is 26.7 Å². The van der Waals surface area contributed by atoms with Gasteiger partial charge < -0.3 is 0 Å². The molecule has 1 aliphatic rings. The molecule has 0 radical (unpaired) electrons. The number of nitriles is 1. The predicted molar refractivity (Wildman–Crippen MR) is 155 cm³/mol. The van der Waals surface area contributed by atoms with E-state index in [4.69, 9.17) is 4.98 Å². The first-order chi connectivity index (χ1) is 17.4. The lowest BCUT2D eigenvalue weighted by molar-refractivity contribution is 0.591. The summed E-state index contributed by atoms with van der Waals surface area (Å²) in [4.78, 5) is 10.6. The van der Waals surface area contributed by atoms with Crippen LogP contribution < -0.4 is 4.90 Å². The molecule has 36 heavy (non-hydrogen) atoms. The van der Waals surface area contributed by atoms with Gasteiger partial charge in [-0.3, -0.25) is 4.90 Å². The van der Waals surface area contributed by atoms with Crippen LogP contribution in [-0.4, -0.2) is 4.98 Å². The molecule has 5 aromatic rings. The van der Waals surface area contributed by atoms with E-state index in [-0.39, 0.29) is 5.41 Å². The zero-order valence-corrected chi connectivity index (χ0v) is 22.6. The van der Waals surface area contributed by atoms with Gasteiger partial charge in [0, 0.05) is 14.7 Å². The molecular weight excluding hydrogens is 499 g/mol. The van der Waals surface area contributed by atoms with E-state index in [1.807, 2.05) is 6.08 Å². The van der Waals surface area contributed by atoms with E-state index in [0.29, 0.717) is 5.57 Å². The van der Waals surface area contributed by atoms with Crippen molar-refractivity contribution in [2.24, 2.45) is 0 Å². The number of thiophene rings is 1. The van der Waals surface area contributed by atoms with Crippen molar-refractivity contribution >= 4 is 72.7 Å². The van der Waals surface area contributed by atoms with E-state index in [1.54, 1.807) is 34.4 Å². The lowest BCUT2D eigenvalue weighted by Gasteiger charge is -2.31. The fraction of sp³-hybridized carbons (Fsp3) is 0.133. The molecule has 6 rings (SSSR count). The van der Waals surface area contributed by atoms with Crippen LogP contribution in [0.2, 0.25) is 0 Å². The molecule has 0 saturated heterocycles. The number of hydrogen-bond acceptors (Lipinski definition) is 6. The fourth-order valence-corrected chi connectivity index (χ4v) is 7.28. The lowest BCUT2D eigenvalue weighted by atomic mass is 9.87. The summed E-state index contributed by atoms with van der Waals surface area (Å²) < 4.78 is 1.12. The minimum absolute atomic E-state index is 0.0732. The van der Waals surface area contributed by atoms with E-state index >= 15 is 0 Å². The molecular formula is C30H23N3S3. The smallest absolute Gasteiger partial charge is 0.135 e. The largest absolute Gasteiger partial charge is 0.300 e. The van der Waals surface area contributed by atoms with Crippen LogP contribution in [0, 0.1) is 11.3 Å². The van der Waals surface area contributed by atoms with Crippen LogP contribution in [0.4, 0.5) is 16.4 Å². The van der Waals surface area contributed by atoms with Gasteiger partial charge in [-0.1, -0.05) is 62.9 Å². The molecule has 0 bridgehead atoms. The average Bonchev–Trinajstić information content (AvgIpc) is 3.51. The second-order valence-electron chi connectivity index (χ2n) is 9.67. The first-order valence-corrected chi connectivity index (χ1v) is 14.1. The maximum atomic E-state index is 10.0. The number of aromatic nitrogens is 1. The molecule has 0 N–H and O–H groups in total. The zero-order chi connectivity index (χ0) is 24.9. The Morgan fingerprint density at radius 1 is 0.889 bits per heavy atom. The highest BCUT2D eigenvalue weighted by Gasteiger charge is 2.25. The number of rotatable bonds is 3. The summed E-state index contributed by atoms with van der Waals surface area (Å²) in [6, 6.07) is 30.1. The standard InChI is InChI=1S/C30H23N3S3/c1-30(2,3)20-12-14-22-27(17-20)36-29(32-22)19(18-31)16-21-13-15-28(34-21)33-23-8-4-6-10-25(23)35-26-11-7-5-9-24(26)33/h4-17H,1-3H3/b19-16+. The van der Waals surface area contributed by atoms with Crippen molar-refractivity contribution in [3.63, 3.8) is 0 Å². The Labute approximate surface area is 223 Å². The molecule has 0 saturated carbocycles. The minimum Gasteiger partial charge on any atom is -0.300 e. The summed E-state index contributed by atoms with van der Waals surface area (Å²) in [5, 5.41) is 11.9. The van der Waals surface area contributed by atoms with E-state index < -0.39 is 0 Å². The molecule has 0 atom stereocenters. The Bertz CT molecular complexity index is 1630. The molecule has 6 heteroatoms. The second kappa shape index (κ2) is 8.94. The van der Waals surface area contributed by atoms with Crippen LogP contribution in [0.5, 0.6) is 0 Å². The van der Waals surface area contributed by atoms with Crippen molar-refractivity contribution in [3.8, 4) is 6.07 Å². The van der Waals surface area contributed by atoms with Crippen molar-refractivity contribution in [3.05, 3.63) is 94.3 Å². The van der Waals surface area contributed by atoms with Gasteiger partial charge in [-0.05, 0) is 65.6 Å². The Balaban J connectivity index is 1.38. The van der Waals surface area contributed by atoms with Gasteiger partial charge in [0.1, 0.15) is 16.1 Å². The molecule has 176 valence electrons. The van der Waals surface area contributed by atoms with E-state index in [2.05, 4.69) is 111 Å². The Kier molecular flexibility index (Phi) is 5.72. The number of fused-ring (bicyclic) bond motifs is 3. The van der Waals surface area contributed by atoms with Crippen LogP contribution in [0.15, 0.2) is 88.7 Å².